The van der Waals surface area contributed by atoms with Crippen molar-refractivity contribution in [2.24, 2.45) is 5.73 Å². The molecule has 90 valence electrons. The van der Waals surface area contributed by atoms with Gasteiger partial charge in [0.05, 0.1) is 6.61 Å². The van der Waals surface area contributed by atoms with Gasteiger partial charge >= 0.3 is 0 Å². The van der Waals surface area contributed by atoms with Crippen LogP contribution in [0.5, 0.6) is 0 Å². The summed E-state index contributed by atoms with van der Waals surface area (Å²) in [5.41, 5.74) is 8.28. The number of nitrogens with zero attached hydrogens (tertiary/aromatic N) is 1. The smallest absolute Gasteiger partial charge is 0.0589 e. The molecule has 0 saturated carbocycles. The Morgan fingerprint density at radius 3 is 2.50 bits per heavy atom. The molecule has 0 amide bonds. The normalized spacial score (nSPS) is 11.0. The van der Waals surface area contributed by atoms with Crippen LogP contribution in [-0.4, -0.2) is 31.7 Å². The first kappa shape index (κ1) is 13.2. The first-order valence-electron chi connectivity index (χ1n) is 5.80. The molecule has 0 aliphatic heterocycles. The van der Waals surface area contributed by atoms with Crippen molar-refractivity contribution in [1.82, 2.24) is 4.90 Å². The minimum absolute atomic E-state index is 0.609. The summed E-state index contributed by atoms with van der Waals surface area (Å²) in [5.74, 6) is 0. The number of nitrogens with two attached hydrogens (primary N) is 1. The van der Waals surface area contributed by atoms with Crippen LogP contribution in [0.4, 0.5) is 0 Å². The molecule has 1 rings (SSSR count). The number of rotatable bonds is 7. The van der Waals surface area contributed by atoms with Crippen LogP contribution in [0.3, 0.4) is 0 Å². The molecule has 0 atom stereocenters. The van der Waals surface area contributed by atoms with Gasteiger partial charge in [0.1, 0.15) is 0 Å². The lowest BCUT2D eigenvalue weighted by molar-refractivity contribution is 0.147. The van der Waals surface area contributed by atoms with E-state index in [2.05, 4.69) is 30.0 Å². The lowest BCUT2D eigenvalue weighted by Crippen LogP contribution is -2.27. The van der Waals surface area contributed by atoms with Crippen molar-refractivity contribution in [3.05, 3.63) is 35.4 Å². The minimum Gasteiger partial charge on any atom is -0.383 e. The maximum Gasteiger partial charge on any atom is 0.0589 e. The highest BCUT2D eigenvalue weighted by atomic mass is 16.5. The van der Waals surface area contributed by atoms with E-state index in [9.17, 15) is 0 Å². The van der Waals surface area contributed by atoms with E-state index in [0.717, 1.165) is 26.2 Å². The molecular formula is C13H22N2O. The lowest BCUT2D eigenvalue weighted by Gasteiger charge is -2.21. The van der Waals surface area contributed by atoms with E-state index >= 15 is 0 Å². The molecule has 2 N–H and O–H groups in total. The van der Waals surface area contributed by atoms with Gasteiger partial charge < -0.3 is 10.5 Å². The average molecular weight is 222 g/mol. The van der Waals surface area contributed by atoms with Crippen LogP contribution in [0.15, 0.2) is 24.3 Å². The van der Waals surface area contributed by atoms with Crippen molar-refractivity contribution in [1.29, 1.82) is 0 Å². The largest absolute Gasteiger partial charge is 0.383 e. The van der Waals surface area contributed by atoms with Gasteiger partial charge in [-0.05, 0) is 17.7 Å². The van der Waals surface area contributed by atoms with Gasteiger partial charge in [-0.25, -0.2) is 0 Å². The number of hydrogen-bond acceptors (Lipinski definition) is 3. The van der Waals surface area contributed by atoms with Crippen molar-refractivity contribution in [2.45, 2.75) is 20.0 Å². The van der Waals surface area contributed by atoms with Crippen molar-refractivity contribution >= 4 is 0 Å². The first-order valence-corrected chi connectivity index (χ1v) is 5.80. The first-order chi connectivity index (χ1) is 7.81. The molecule has 0 radical (unpaired) electrons. The molecule has 0 heterocycles. The Morgan fingerprint density at radius 2 is 1.94 bits per heavy atom. The molecule has 0 aliphatic carbocycles. The fourth-order valence-electron chi connectivity index (χ4n) is 1.72. The molecular weight excluding hydrogens is 200 g/mol. The number of likely N-dealkylation sites (N-methyl/N-ethyl adjacent to an activating group) is 1. The van der Waals surface area contributed by atoms with Crippen molar-refractivity contribution in [3.63, 3.8) is 0 Å². The van der Waals surface area contributed by atoms with E-state index in [1.807, 2.05) is 6.07 Å². The molecule has 0 aliphatic rings. The molecule has 1 aromatic carbocycles. The third kappa shape index (κ3) is 3.93. The van der Waals surface area contributed by atoms with Crippen LogP contribution < -0.4 is 5.73 Å². The highest BCUT2D eigenvalue weighted by molar-refractivity contribution is 5.26. The highest BCUT2D eigenvalue weighted by Gasteiger charge is 2.06. The Kier molecular flexibility index (Phi) is 6.08. The predicted molar refractivity (Wildman–Crippen MR) is 67.2 cm³/mol. The zero-order chi connectivity index (χ0) is 11.8. The van der Waals surface area contributed by atoms with Gasteiger partial charge in [0.15, 0.2) is 0 Å². The van der Waals surface area contributed by atoms with Gasteiger partial charge in [-0.15, -0.1) is 0 Å². The summed E-state index contributed by atoms with van der Waals surface area (Å²) in [7, 11) is 1.74. The molecule has 0 saturated heterocycles. The summed E-state index contributed by atoms with van der Waals surface area (Å²) in [6.07, 6.45) is 0. The monoisotopic (exact) mass is 222 g/mol. The number of hydrogen-bond donors (Lipinski definition) is 1. The van der Waals surface area contributed by atoms with E-state index in [-0.39, 0.29) is 0 Å². The van der Waals surface area contributed by atoms with Gasteiger partial charge in [0.2, 0.25) is 0 Å². The summed E-state index contributed by atoms with van der Waals surface area (Å²) in [6, 6.07) is 8.35. The standard InChI is InChI=1S/C13H22N2O/c1-3-15(8-9-16-2)11-13-7-5-4-6-12(13)10-14/h4-7H,3,8-11,14H2,1-2H3. The van der Waals surface area contributed by atoms with Gasteiger partial charge in [-0.3, -0.25) is 4.90 Å². The SMILES string of the molecule is CCN(CCOC)Cc1ccccc1CN. The molecule has 0 spiro atoms. The second kappa shape index (κ2) is 7.39. The zero-order valence-corrected chi connectivity index (χ0v) is 10.3. The zero-order valence-electron chi connectivity index (χ0n) is 10.3. The molecule has 3 nitrogen and oxygen atoms in total. The number of ether oxygens (including phenoxy) is 1. The van der Waals surface area contributed by atoms with Crippen molar-refractivity contribution in [3.8, 4) is 0 Å². The Labute approximate surface area is 98.2 Å². The Hall–Kier alpha value is -0.900. The molecule has 0 bridgehead atoms. The maximum atomic E-state index is 5.72. The van der Waals surface area contributed by atoms with Gasteiger partial charge in [0.25, 0.3) is 0 Å². The minimum atomic E-state index is 0.609. The van der Waals surface area contributed by atoms with Crippen LogP contribution in [0.1, 0.15) is 18.1 Å². The summed E-state index contributed by atoms with van der Waals surface area (Å²) in [6.45, 7) is 6.50. The summed E-state index contributed by atoms with van der Waals surface area (Å²) < 4.78 is 5.10. The number of benzene rings is 1. The van der Waals surface area contributed by atoms with E-state index in [1.54, 1.807) is 7.11 Å². The fraction of sp³-hybridized carbons (Fsp3) is 0.538. The van der Waals surface area contributed by atoms with Crippen LogP contribution in [0.2, 0.25) is 0 Å². The summed E-state index contributed by atoms with van der Waals surface area (Å²) in [4.78, 5) is 2.36. The Balaban J connectivity index is 2.62. The maximum absolute atomic E-state index is 5.72. The Morgan fingerprint density at radius 1 is 1.25 bits per heavy atom. The van der Waals surface area contributed by atoms with E-state index in [4.69, 9.17) is 10.5 Å². The third-order valence-corrected chi connectivity index (χ3v) is 2.79. The average Bonchev–Trinajstić information content (AvgIpc) is 2.34. The topological polar surface area (TPSA) is 38.5 Å². The lowest BCUT2D eigenvalue weighted by atomic mass is 10.1. The molecule has 1 aromatic rings. The molecule has 3 heteroatoms. The van der Waals surface area contributed by atoms with Crippen LogP contribution in [-0.2, 0) is 17.8 Å². The second-order valence-electron chi connectivity index (χ2n) is 3.83. The van der Waals surface area contributed by atoms with E-state index in [0.29, 0.717) is 6.54 Å². The van der Waals surface area contributed by atoms with E-state index < -0.39 is 0 Å². The predicted octanol–water partition coefficient (Wildman–Crippen LogP) is 1.61. The van der Waals surface area contributed by atoms with Crippen molar-refractivity contribution < 1.29 is 4.74 Å². The quantitative estimate of drug-likeness (QED) is 0.762. The van der Waals surface area contributed by atoms with Crippen LogP contribution >= 0.6 is 0 Å². The number of methoxy groups -OCH3 is 1. The van der Waals surface area contributed by atoms with Gasteiger partial charge in [-0.2, -0.15) is 0 Å². The van der Waals surface area contributed by atoms with Crippen LogP contribution in [0, 0.1) is 0 Å². The van der Waals surface area contributed by atoms with Gasteiger partial charge in [-0.1, -0.05) is 31.2 Å². The third-order valence-electron chi connectivity index (χ3n) is 2.79. The van der Waals surface area contributed by atoms with Crippen molar-refractivity contribution in [2.75, 3.05) is 26.8 Å². The fourth-order valence-corrected chi connectivity index (χ4v) is 1.72. The second-order valence-corrected chi connectivity index (χ2v) is 3.83. The molecule has 0 fully saturated rings. The molecule has 16 heavy (non-hydrogen) atoms. The molecule has 0 aromatic heterocycles. The summed E-state index contributed by atoms with van der Waals surface area (Å²) in [5, 5.41) is 0. The highest BCUT2D eigenvalue weighted by Crippen LogP contribution is 2.10. The van der Waals surface area contributed by atoms with Crippen LogP contribution in [0.25, 0.3) is 0 Å². The summed E-state index contributed by atoms with van der Waals surface area (Å²) >= 11 is 0. The van der Waals surface area contributed by atoms with Gasteiger partial charge in [0, 0.05) is 26.7 Å². The van der Waals surface area contributed by atoms with E-state index in [1.165, 1.54) is 11.1 Å². The molecule has 0 unspecified atom stereocenters. The Bertz CT molecular complexity index is 302.